The molecule has 0 unspecified atom stereocenters. The van der Waals surface area contributed by atoms with Crippen LogP contribution in [0.1, 0.15) is 33.9 Å². The van der Waals surface area contributed by atoms with Gasteiger partial charge in [0.1, 0.15) is 11.9 Å². The molecule has 7 heteroatoms. The molecule has 1 atom stereocenters. The van der Waals surface area contributed by atoms with Gasteiger partial charge in [0.15, 0.2) is 0 Å². The predicted octanol–water partition coefficient (Wildman–Crippen LogP) is 5.74. The average molecular weight is 444 g/mol. The number of aryl methyl sites for hydroxylation is 2. The highest BCUT2D eigenvalue weighted by Crippen LogP contribution is 2.32. The Balaban J connectivity index is 1.91. The van der Waals surface area contributed by atoms with Gasteiger partial charge in [0.2, 0.25) is 5.91 Å². The largest absolute Gasteiger partial charge is 0.419 e. The van der Waals surface area contributed by atoms with Crippen LogP contribution in [0.4, 0.5) is 23.2 Å². The maximum atomic E-state index is 13.6. The Morgan fingerprint density at radius 2 is 1.66 bits per heavy atom. The molecule has 0 saturated heterocycles. The van der Waals surface area contributed by atoms with E-state index in [1.807, 2.05) is 32.0 Å². The summed E-state index contributed by atoms with van der Waals surface area (Å²) < 4.78 is 52.9. The van der Waals surface area contributed by atoms with Crippen molar-refractivity contribution in [2.45, 2.75) is 32.5 Å². The summed E-state index contributed by atoms with van der Waals surface area (Å²) in [4.78, 5) is 14.8. The molecule has 168 valence electrons. The fourth-order valence-electron chi connectivity index (χ4n) is 3.42. The molecule has 1 amide bonds. The highest BCUT2D eigenvalue weighted by molar-refractivity contribution is 5.97. The molecule has 3 aromatic carbocycles. The van der Waals surface area contributed by atoms with Gasteiger partial charge in [0.05, 0.1) is 5.56 Å². The number of carbonyl (C=O) groups excluding carboxylic acids is 1. The minimum absolute atomic E-state index is 0.0881. The van der Waals surface area contributed by atoms with Crippen molar-refractivity contribution < 1.29 is 22.4 Å². The number of nitrogens with two attached hydrogens (primary N) is 1. The van der Waals surface area contributed by atoms with Gasteiger partial charge in [-0.05, 0) is 66.8 Å². The Labute approximate surface area is 184 Å². The molecule has 0 aliphatic rings. The molecule has 3 aromatic rings. The zero-order valence-corrected chi connectivity index (χ0v) is 17.8. The van der Waals surface area contributed by atoms with Crippen LogP contribution in [0.5, 0.6) is 0 Å². The van der Waals surface area contributed by atoms with Gasteiger partial charge in [0.25, 0.3) is 0 Å². The quantitative estimate of drug-likeness (QED) is 0.493. The second-order valence-corrected chi connectivity index (χ2v) is 7.71. The molecule has 0 aromatic heterocycles. The monoisotopic (exact) mass is 444 g/mol. The van der Waals surface area contributed by atoms with E-state index in [1.54, 1.807) is 30.3 Å². The summed E-state index contributed by atoms with van der Waals surface area (Å²) in [5, 5.41) is 0. The van der Waals surface area contributed by atoms with Crippen LogP contribution < -0.4 is 10.6 Å². The van der Waals surface area contributed by atoms with Gasteiger partial charge in [-0.1, -0.05) is 42.5 Å². The van der Waals surface area contributed by atoms with E-state index in [1.165, 1.54) is 11.0 Å². The molecule has 0 heterocycles. The van der Waals surface area contributed by atoms with E-state index in [4.69, 9.17) is 5.73 Å². The Kier molecular flexibility index (Phi) is 6.99. The third kappa shape index (κ3) is 5.34. The van der Waals surface area contributed by atoms with Crippen LogP contribution in [0.2, 0.25) is 0 Å². The van der Waals surface area contributed by atoms with Gasteiger partial charge < -0.3 is 10.6 Å². The van der Waals surface area contributed by atoms with Crippen LogP contribution in [0.3, 0.4) is 0 Å². The molecule has 3 nitrogen and oxygen atoms in total. The van der Waals surface area contributed by atoms with Crippen molar-refractivity contribution in [3.05, 3.63) is 100 Å². The molecule has 0 fully saturated rings. The molecule has 0 aliphatic carbocycles. The van der Waals surface area contributed by atoms with E-state index in [9.17, 15) is 22.4 Å². The number of benzene rings is 3. The van der Waals surface area contributed by atoms with Crippen LogP contribution in [0.25, 0.3) is 0 Å². The minimum Gasteiger partial charge on any atom is -0.316 e. The standard InChI is InChI=1S/C25H24F4N2O/c1-16-8-10-20(14-17(16)2)31(24(32)23(30)19-6-4-3-5-7-19)13-12-18-9-11-22(26)21(15-18)25(27,28)29/h3-11,14-15,23H,12-13,30H2,1-2H3/t23-/m0/s1. The SMILES string of the molecule is Cc1ccc(N(CCc2ccc(F)c(C(F)(F)F)c2)C(=O)[C@@H](N)c2ccccc2)cc1C. The Morgan fingerprint density at radius 3 is 2.28 bits per heavy atom. The first-order chi connectivity index (χ1) is 15.1. The van der Waals surface area contributed by atoms with Crippen molar-refractivity contribution in [2.75, 3.05) is 11.4 Å². The first kappa shape index (κ1) is 23.5. The lowest BCUT2D eigenvalue weighted by atomic mass is 10.0. The molecular formula is C25H24F4N2O. The molecule has 0 saturated carbocycles. The molecule has 0 spiro atoms. The summed E-state index contributed by atoms with van der Waals surface area (Å²) >= 11 is 0. The summed E-state index contributed by atoms with van der Waals surface area (Å²) in [6.45, 7) is 3.94. The topological polar surface area (TPSA) is 46.3 Å². The van der Waals surface area contributed by atoms with E-state index in [2.05, 4.69) is 0 Å². The molecule has 0 bridgehead atoms. The number of carbonyl (C=O) groups is 1. The molecular weight excluding hydrogens is 420 g/mol. The van der Waals surface area contributed by atoms with Crippen molar-refractivity contribution >= 4 is 11.6 Å². The number of alkyl halides is 3. The first-order valence-electron chi connectivity index (χ1n) is 10.1. The number of amides is 1. The van der Waals surface area contributed by atoms with Crippen molar-refractivity contribution in [1.82, 2.24) is 0 Å². The van der Waals surface area contributed by atoms with Crippen LogP contribution in [0, 0.1) is 19.7 Å². The fourth-order valence-corrected chi connectivity index (χ4v) is 3.42. The normalized spacial score (nSPS) is 12.5. The zero-order valence-electron chi connectivity index (χ0n) is 17.8. The summed E-state index contributed by atoms with van der Waals surface area (Å²) in [6.07, 6.45) is -4.69. The second kappa shape index (κ2) is 9.53. The summed E-state index contributed by atoms with van der Waals surface area (Å²) in [5.41, 5.74) is 8.42. The average Bonchev–Trinajstić information content (AvgIpc) is 2.76. The molecule has 32 heavy (non-hydrogen) atoms. The van der Waals surface area contributed by atoms with E-state index >= 15 is 0 Å². The first-order valence-corrected chi connectivity index (χ1v) is 10.1. The zero-order chi connectivity index (χ0) is 23.5. The van der Waals surface area contributed by atoms with Gasteiger partial charge in [-0.2, -0.15) is 13.2 Å². The van der Waals surface area contributed by atoms with Gasteiger partial charge in [-0.25, -0.2) is 4.39 Å². The maximum absolute atomic E-state index is 13.6. The van der Waals surface area contributed by atoms with E-state index in [-0.39, 0.29) is 24.4 Å². The van der Waals surface area contributed by atoms with E-state index in [0.29, 0.717) is 11.3 Å². The number of anilines is 1. The number of halogens is 4. The highest BCUT2D eigenvalue weighted by atomic mass is 19.4. The lowest BCUT2D eigenvalue weighted by molar-refractivity contribution is -0.140. The summed E-state index contributed by atoms with van der Waals surface area (Å²) in [7, 11) is 0. The Hall–Kier alpha value is -3.19. The number of nitrogens with zero attached hydrogens (tertiary/aromatic N) is 1. The third-order valence-corrected chi connectivity index (χ3v) is 5.45. The van der Waals surface area contributed by atoms with Crippen LogP contribution in [-0.2, 0) is 17.4 Å². The van der Waals surface area contributed by atoms with Crippen LogP contribution >= 0.6 is 0 Å². The van der Waals surface area contributed by atoms with Crippen molar-refractivity contribution in [3.63, 3.8) is 0 Å². The number of hydrogen-bond acceptors (Lipinski definition) is 2. The van der Waals surface area contributed by atoms with Gasteiger partial charge >= 0.3 is 6.18 Å². The highest BCUT2D eigenvalue weighted by Gasteiger charge is 2.34. The Bertz CT molecular complexity index is 1100. The molecule has 0 aliphatic heterocycles. The minimum atomic E-state index is -4.79. The second-order valence-electron chi connectivity index (χ2n) is 7.71. The van der Waals surface area contributed by atoms with Gasteiger partial charge in [-0.3, -0.25) is 4.79 Å². The molecule has 2 N–H and O–H groups in total. The Morgan fingerprint density at radius 1 is 0.969 bits per heavy atom. The lowest BCUT2D eigenvalue weighted by Crippen LogP contribution is -2.40. The van der Waals surface area contributed by atoms with Crippen LogP contribution in [-0.4, -0.2) is 12.5 Å². The fraction of sp³-hybridized carbons (Fsp3) is 0.240. The molecule has 3 rings (SSSR count). The predicted molar refractivity (Wildman–Crippen MR) is 117 cm³/mol. The van der Waals surface area contributed by atoms with Crippen LogP contribution in [0.15, 0.2) is 66.7 Å². The van der Waals surface area contributed by atoms with Crippen molar-refractivity contribution in [2.24, 2.45) is 5.73 Å². The van der Waals surface area contributed by atoms with Crippen molar-refractivity contribution in [3.8, 4) is 0 Å². The van der Waals surface area contributed by atoms with Crippen molar-refractivity contribution in [1.29, 1.82) is 0 Å². The molecule has 0 radical (unpaired) electrons. The number of hydrogen-bond donors (Lipinski definition) is 1. The maximum Gasteiger partial charge on any atom is 0.419 e. The lowest BCUT2D eigenvalue weighted by Gasteiger charge is -2.27. The summed E-state index contributed by atoms with van der Waals surface area (Å²) in [5.74, 6) is -1.70. The third-order valence-electron chi connectivity index (χ3n) is 5.45. The summed E-state index contributed by atoms with van der Waals surface area (Å²) in [6, 6.07) is 16.3. The van der Waals surface area contributed by atoms with E-state index in [0.717, 1.165) is 23.3 Å². The van der Waals surface area contributed by atoms with E-state index < -0.39 is 23.6 Å². The van der Waals surface area contributed by atoms with Gasteiger partial charge in [0, 0.05) is 12.2 Å². The van der Waals surface area contributed by atoms with Gasteiger partial charge in [-0.15, -0.1) is 0 Å². The number of rotatable bonds is 6. The smallest absolute Gasteiger partial charge is 0.316 e.